The van der Waals surface area contributed by atoms with Crippen LogP contribution < -0.4 is 4.90 Å². The van der Waals surface area contributed by atoms with Crippen LogP contribution in [-0.2, 0) is 11.3 Å². The summed E-state index contributed by atoms with van der Waals surface area (Å²) in [5.41, 5.74) is 2.49. The van der Waals surface area contributed by atoms with Crippen molar-refractivity contribution in [3.05, 3.63) is 64.7 Å². The second kappa shape index (κ2) is 10.4. The zero-order valence-electron chi connectivity index (χ0n) is 18.3. The molecule has 2 aromatic carbocycles. The molecule has 2 heterocycles. The lowest BCUT2D eigenvalue weighted by atomic mass is 9.99. The zero-order valence-corrected chi connectivity index (χ0v) is 19.8. The van der Waals surface area contributed by atoms with E-state index in [1.807, 2.05) is 24.3 Å². The molecule has 0 spiro atoms. The molecule has 1 N–H and O–H groups in total. The molecule has 7 nitrogen and oxygen atoms in total. The minimum atomic E-state index is -0.727. The number of carboxylic acid groups (broad SMARTS) is 1. The molecule has 172 valence electrons. The Morgan fingerprint density at radius 2 is 1.88 bits per heavy atom. The molecule has 0 aliphatic carbocycles. The van der Waals surface area contributed by atoms with Gasteiger partial charge in [0.05, 0.1) is 16.5 Å². The van der Waals surface area contributed by atoms with E-state index in [-0.39, 0.29) is 11.8 Å². The van der Waals surface area contributed by atoms with Crippen LogP contribution >= 0.6 is 22.9 Å². The number of carbonyl (C=O) groups excluding carboxylic acids is 1. The molecule has 1 aromatic heterocycles. The smallest absolute Gasteiger partial charge is 0.309 e. The van der Waals surface area contributed by atoms with Gasteiger partial charge in [0.25, 0.3) is 5.91 Å². The third kappa shape index (κ3) is 5.40. The first-order valence-electron chi connectivity index (χ1n) is 10.9. The average molecular weight is 485 g/mol. The summed E-state index contributed by atoms with van der Waals surface area (Å²) in [5.74, 6) is -1.16. The van der Waals surface area contributed by atoms with Crippen LogP contribution in [0.3, 0.4) is 0 Å². The van der Waals surface area contributed by atoms with Gasteiger partial charge in [-0.25, -0.2) is 0 Å². The quantitative estimate of drug-likeness (QED) is 0.468. The Kier molecular flexibility index (Phi) is 7.37. The number of likely N-dealkylation sites (tertiary alicyclic amines) is 1. The number of amides is 1. The lowest BCUT2D eigenvalue weighted by molar-refractivity contribution is -0.147. The number of halogens is 1. The van der Waals surface area contributed by atoms with E-state index in [1.165, 1.54) is 11.3 Å². The Hall–Kier alpha value is -2.81. The monoisotopic (exact) mass is 484 g/mol. The summed E-state index contributed by atoms with van der Waals surface area (Å²) in [4.78, 5) is 27.9. The summed E-state index contributed by atoms with van der Waals surface area (Å²) in [6.45, 7) is 4.52. The number of aromatic nitrogens is 2. The topological polar surface area (TPSA) is 86.6 Å². The van der Waals surface area contributed by atoms with Crippen molar-refractivity contribution in [3.8, 4) is 10.6 Å². The Morgan fingerprint density at radius 1 is 1.15 bits per heavy atom. The number of hydrogen-bond donors (Lipinski definition) is 1. The fraction of sp³-hybridized carbons (Fsp3) is 0.333. The summed E-state index contributed by atoms with van der Waals surface area (Å²) in [7, 11) is 0. The Labute approximate surface area is 201 Å². The van der Waals surface area contributed by atoms with Gasteiger partial charge in [-0.1, -0.05) is 72.7 Å². The summed E-state index contributed by atoms with van der Waals surface area (Å²) >= 11 is 7.64. The van der Waals surface area contributed by atoms with Crippen LogP contribution in [0.1, 0.15) is 35.7 Å². The molecule has 1 aliphatic heterocycles. The van der Waals surface area contributed by atoms with Gasteiger partial charge < -0.3 is 5.11 Å². The number of nitrogens with zero attached hydrogens (tertiary/aromatic N) is 4. The second-order valence-corrected chi connectivity index (χ2v) is 9.47. The van der Waals surface area contributed by atoms with Crippen LogP contribution in [0.4, 0.5) is 5.13 Å². The van der Waals surface area contributed by atoms with Crippen LogP contribution in [0.2, 0.25) is 5.02 Å². The molecule has 1 aliphatic rings. The van der Waals surface area contributed by atoms with Crippen molar-refractivity contribution in [3.63, 3.8) is 0 Å². The number of aliphatic carboxylic acids is 1. The van der Waals surface area contributed by atoms with Crippen LogP contribution in [0.15, 0.2) is 48.5 Å². The molecule has 0 atom stereocenters. The van der Waals surface area contributed by atoms with Crippen molar-refractivity contribution in [2.24, 2.45) is 5.92 Å². The first-order valence-corrected chi connectivity index (χ1v) is 12.1. The number of carbonyl (C=O) groups is 2. The number of hydrogen-bond acceptors (Lipinski definition) is 6. The predicted octanol–water partition coefficient (Wildman–Crippen LogP) is 4.82. The second-order valence-electron chi connectivity index (χ2n) is 8.11. The first-order chi connectivity index (χ1) is 16.0. The number of rotatable bonds is 9. The molecule has 4 rings (SSSR count). The van der Waals surface area contributed by atoms with Gasteiger partial charge in [0.15, 0.2) is 0 Å². The third-order valence-electron chi connectivity index (χ3n) is 5.64. The van der Waals surface area contributed by atoms with Gasteiger partial charge in [-0.15, -0.1) is 10.2 Å². The van der Waals surface area contributed by atoms with E-state index in [2.05, 4.69) is 22.0 Å². The van der Waals surface area contributed by atoms with Gasteiger partial charge in [-0.3, -0.25) is 19.4 Å². The fourth-order valence-electron chi connectivity index (χ4n) is 3.69. The molecule has 9 heteroatoms. The molecule has 0 saturated carbocycles. The molecule has 0 unspecified atom stereocenters. The van der Waals surface area contributed by atoms with Gasteiger partial charge in [-0.2, -0.15) is 0 Å². The zero-order chi connectivity index (χ0) is 23.4. The maximum Gasteiger partial charge on any atom is 0.309 e. The normalized spacial score (nSPS) is 14.1. The van der Waals surface area contributed by atoms with Crippen molar-refractivity contribution in [2.45, 2.75) is 26.3 Å². The highest BCUT2D eigenvalue weighted by atomic mass is 35.5. The van der Waals surface area contributed by atoms with Gasteiger partial charge in [0.1, 0.15) is 5.01 Å². The Bertz CT molecular complexity index is 1130. The van der Waals surface area contributed by atoms with Gasteiger partial charge >= 0.3 is 5.97 Å². The highest BCUT2D eigenvalue weighted by molar-refractivity contribution is 7.18. The molecule has 3 aromatic rings. The van der Waals surface area contributed by atoms with Crippen molar-refractivity contribution < 1.29 is 14.7 Å². The Balaban J connectivity index is 1.47. The molecule has 0 bridgehead atoms. The molecule has 1 amide bonds. The van der Waals surface area contributed by atoms with E-state index in [0.717, 1.165) is 35.5 Å². The first kappa shape index (κ1) is 23.4. The number of anilines is 1. The van der Waals surface area contributed by atoms with Crippen molar-refractivity contribution in [1.29, 1.82) is 0 Å². The van der Waals surface area contributed by atoms with E-state index >= 15 is 0 Å². The largest absolute Gasteiger partial charge is 0.481 e. The predicted molar refractivity (Wildman–Crippen MR) is 130 cm³/mol. The van der Waals surface area contributed by atoms with Crippen LogP contribution in [0, 0.1) is 5.92 Å². The average Bonchev–Trinajstić information content (AvgIpc) is 3.26. The third-order valence-corrected chi connectivity index (χ3v) is 6.97. The highest BCUT2D eigenvalue weighted by Gasteiger charge is 2.32. The minimum Gasteiger partial charge on any atom is -0.481 e. The lowest BCUT2D eigenvalue weighted by Crippen LogP contribution is -2.49. The Morgan fingerprint density at radius 3 is 2.55 bits per heavy atom. The summed E-state index contributed by atoms with van der Waals surface area (Å²) in [5, 5.41) is 19.3. The standard InChI is InChI=1S/C24H25ClN4O3S/c1-2-3-12-29(22(30)19-6-4-5-7-20(19)25)24-27-26-21(33-24)17-10-8-16(9-11-17)13-28-14-18(15-28)23(31)32/h4-11,18H,2-3,12-15H2,1H3,(H,31,32). The fourth-order valence-corrected chi connectivity index (χ4v) is 4.78. The van der Waals surface area contributed by atoms with Gasteiger partial charge in [-0.05, 0) is 24.1 Å². The highest BCUT2D eigenvalue weighted by Crippen LogP contribution is 2.31. The maximum absolute atomic E-state index is 13.2. The van der Waals surface area contributed by atoms with Crippen molar-refractivity contribution in [1.82, 2.24) is 15.1 Å². The number of unbranched alkanes of at least 4 members (excludes halogenated alkanes) is 1. The minimum absolute atomic E-state index is 0.179. The number of carboxylic acids is 1. The molecule has 33 heavy (non-hydrogen) atoms. The van der Waals surface area contributed by atoms with E-state index < -0.39 is 5.97 Å². The molecule has 1 saturated heterocycles. The van der Waals surface area contributed by atoms with E-state index in [0.29, 0.717) is 35.4 Å². The number of benzene rings is 2. The maximum atomic E-state index is 13.2. The van der Waals surface area contributed by atoms with Crippen LogP contribution in [0.25, 0.3) is 10.6 Å². The molecule has 1 fully saturated rings. The van der Waals surface area contributed by atoms with E-state index in [4.69, 9.17) is 16.7 Å². The summed E-state index contributed by atoms with van der Waals surface area (Å²) in [6.07, 6.45) is 1.79. The van der Waals surface area contributed by atoms with Gasteiger partial charge in [0.2, 0.25) is 5.13 Å². The van der Waals surface area contributed by atoms with Crippen molar-refractivity contribution in [2.75, 3.05) is 24.5 Å². The summed E-state index contributed by atoms with van der Waals surface area (Å²) < 4.78 is 0. The summed E-state index contributed by atoms with van der Waals surface area (Å²) in [6, 6.07) is 15.0. The SMILES string of the molecule is CCCCN(C(=O)c1ccccc1Cl)c1nnc(-c2ccc(CN3CC(C(=O)O)C3)cc2)s1. The molecule has 0 radical (unpaired) electrons. The van der Waals surface area contributed by atoms with Crippen LogP contribution in [-0.4, -0.2) is 51.7 Å². The van der Waals surface area contributed by atoms with E-state index in [9.17, 15) is 9.59 Å². The molecular formula is C24H25ClN4O3S. The van der Waals surface area contributed by atoms with Crippen LogP contribution in [0.5, 0.6) is 0 Å². The molecular weight excluding hydrogens is 460 g/mol. The van der Waals surface area contributed by atoms with E-state index in [1.54, 1.807) is 29.2 Å². The van der Waals surface area contributed by atoms with Crippen molar-refractivity contribution >= 4 is 39.9 Å². The lowest BCUT2D eigenvalue weighted by Gasteiger charge is -2.36. The van der Waals surface area contributed by atoms with Gasteiger partial charge in [0, 0.05) is 31.7 Å².